The van der Waals surface area contributed by atoms with Crippen LogP contribution in [0.2, 0.25) is 0 Å². The van der Waals surface area contributed by atoms with Crippen molar-refractivity contribution in [3.63, 3.8) is 0 Å². The lowest BCUT2D eigenvalue weighted by molar-refractivity contribution is 0.224. The summed E-state index contributed by atoms with van der Waals surface area (Å²) in [4.78, 5) is 2.61. The maximum atomic E-state index is 10.7. The van der Waals surface area contributed by atoms with E-state index in [0.717, 1.165) is 10.4 Å². The van der Waals surface area contributed by atoms with Crippen LogP contribution in [0.4, 0.5) is 0 Å². The molecule has 0 amide bonds. The third-order valence-electron chi connectivity index (χ3n) is 4.09. The van der Waals surface area contributed by atoms with E-state index in [2.05, 4.69) is 38.1 Å². The van der Waals surface area contributed by atoms with Crippen molar-refractivity contribution in [2.45, 2.75) is 52.1 Å². The van der Waals surface area contributed by atoms with Gasteiger partial charge in [-0.3, -0.25) is 0 Å². The first-order valence-corrected chi connectivity index (χ1v) is 8.33. The Morgan fingerprint density at radius 1 is 0.950 bits per heavy atom. The van der Waals surface area contributed by atoms with Crippen molar-refractivity contribution in [3.8, 4) is 0 Å². The Morgan fingerprint density at radius 3 is 2.40 bits per heavy atom. The van der Waals surface area contributed by atoms with E-state index >= 15 is 0 Å². The molecule has 0 radical (unpaired) electrons. The molecule has 1 atom stereocenters. The van der Waals surface area contributed by atoms with E-state index in [1.165, 1.54) is 53.7 Å². The number of hydrogen-bond donors (Lipinski definition) is 1. The Hall–Kier alpha value is -1.12. The van der Waals surface area contributed by atoms with Crippen molar-refractivity contribution >= 4 is 11.3 Å². The van der Waals surface area contributed by atoms with Gasteiger partial charge in [-0.25, -0.2) is 0 Å². The summed E-state index contributed by atoms with van der Waals surface area (Å²) in [6.45, 7) is 4.18. The number of rotatable bonds is 2. The standard InChI is InChI=1S/C18H22OS/c1-12-8-13(2)10-15(9-12)18(19)17-11-14-6-4-3-5-7-16(14)20-17/h8-11,18-19H,3-7H2,1-2H3. The van der Waals surface area contributed by atoms with E-state index in [1.54, 1.807) is 0 Å². The minimum atomic E-state index is -0.467. The Balaban J connectivity index is 1.92. The summed E-state index contributed by atoms with van der Waals surface area (Å²) in [7, 11) is 0. The van der Waals surface area contributed by atoms with Crippen LogP contribution in [0, 0.1) is 13.8 Å². The highest BCUT2D eigenvalue weighted by molar-refractivity contribution is 7.12. The van der Waals surface area contributed by atoms with Gasteiger partial charge in [0.1, 0.15) is 6.10 Å². The number of thiophene rings is 1. The Labute approximate surface area is 125 Å². The summed E-state index contributed by atoms with van der Waals surface area (Å²) in [5, 5.41) is 10.7. The van der Waals surface area contributed by atoms with Crippen LogP contribution in [0.3, 0.4) is 0 Å². The van der Waals surface area contributed by atoms with E-state index in [0.29, 0.717) is 0 Å². The largest absolute Gasteiger partial charge is 0.383 e. The molecule has 0 bridgehead atoms. The van der Waals surface area contributed by atoms with E-state index in [1.807, 2.05) is 11.3 Å². The molecule has 0 saturated carbocycles. The molecular weight excluding hydrogens is 264 g/mol. The van der Waals surface area contributed by atoms with Crippen molar-refractivity contribution in [3.05, 3.63) is 56.3 Å². The summed E-state index contributed by atoms with van der Waals surface area (Å²) < 4.78 is 0. The summed E-state index contributed by atoms with van der Waals surface area (Å²) in [5.41, 5.74) is 4.94. The lowest BCUT2D eigenvalue weighted by Gasteiger charge is -2.11. The molecular formula is C18H22OS. The van der Waals surface area contributed by atoms with Gasteiger partial charge in [0.15, 0.2) is 0 Å². The van der Waals surface area contributed by atoms with Crippen LogP contribution in [-0.4, -0.2) is 5.11 Å². The van der Waals surface area contributed by atoms with Gasteiger partial charge < -0.3 is 5.11 Å². The molecule has 0 saturated heterocycles. The maximum Gasteiger partial charge on any atom is 0.113 e. The Kier molecular flexibility index (Phi) is 3.95. The number of fused-ring (bicyclic) bond motifs is 1. The molecule has 1 N–H and O–H groups in total. The number of aliphatic hydroxyl groups excluding tert-OH is 1. The molecule has 1 aromatic carbocycles. The zero-order valence-corrected chi connectivity index (χ0v) is 13.1. The van der Waals surface area contributed by atoms with Gasteiger partial charge in [0.2, 0.25) is 0 Å². The molecule has 0 aliphatic heterocycles. The number of aliphatic hydroxyl groups is 1. The van der Waals surface area contributed by atoms with Crippen molar-refractivity contribution in [1.29, 1.82) is 0 Å². The molecule has 106 valence electrons. The van der Waals surface area contributed by atoms with Crippen LogP contribution in [0.5, 0.6) is 0 Å². The van der Waals surface area contributed by atoms with Gasteiger partial charge in [0.25, 0.3) is 0 Å². The van der Waals surface area contributed by atoms with Crippen molar-refractivity contribution in [2.24, 2.45) is 0 Å². The van der Waals surface area contributed by atoms with Gasteiger partial charge in [-0.1, -0.05) is 35.7 Å². The van der Waals surface area contributed by atoms with Gasteiger partial charge in [-0.05, 0) is 56.7 Å². The highest BCUT2D eigenvalue weighted by atomic mass is 32.1. The fourth-order valence-corrected chi connectivity index (χ4v) is 4.43. The molecule has 1 unspecified atom stereocenters. The normalized spacial score (nSPS) is 16.6. The molecule has 2 heteroatoms. The fraction of sp³-hybridized carbons (Fsp3) is 0.444. The Bertz CT molecular complexity index is 568. The van der Waals surface area contributed by atoms with Crippen LogP contribution in [0.1, 0.15) is 57.4 Å². The first-order valence-electron chi connectivity index (χ1n) is 7.51. The number of aryl methyl sites for hydroxylation is 4. The first-order chi connectivity index (χ1) is 9.63. The second-order valence-electron chi connectivity index (χ2n) is 5.98. The fourth-order valence-electron chi connectivity index (χ4n) is 3.16. The second kappa shape index (κ2) is 5.71. The second-order valence-corrected chi connectivity index (χ2v) is 7.15. The van der Waals surface area contributed by atoms with Gasteiger partial charge >= 0.3 is 0 Å². The zero-order valence-electron chi connectivity index (χ0n) is 12.3. The predicted molar refractivity (Wildman–Crippen MR) is 85.6 cm³/mol. The molecule has 1 nitrogen and oxygen atoms in total. The van der Waals surface area contributed by atoms with Crippen molar-refractivity contribution in [1.82, 2.24) is 0 Å². The lowest BCUT2D eigenvalue weighted by Crippen LogP contribution is -1.98. The quantitative estimate of drug-likeness (QED) is 0.792. The molecule has 1 aliphatic rings. The molecule has 0 fully saturated rings. The van der Waals surface area contributed by atoms with Crippen LogP contribution in [0.25, 0.3) is 0 Å². The molecule has 1 heterocycles. The first kappa shape index (κ1) is 13.8. The van der Waals surface area contributed by atoms with E-state index in [-0.39, 0.29) is 0 Å². The lowest BCUT2D eigenvalue weighted by atomic mass is 10.0. The minimum absolute atomic E-state index is 0.467. The molecule has 2 aromatic rings. The zero-order chi connectivity index (χ0) is 14.1. The van der Waals surface area contributed by atoms with E-state index in [4.69, 9.17) is 0 Å². The van der Waals surface area contributed by atoms with Crippen LogP contribution in [0.15, 0.2) is 24.3 Å². The van der Waals surface area contributed by atoms with Gasteiger partial charge in [-0.15, -0.1) is 11.3 Å². The van der Waals surface area contributed by atoms with E-state index < -0.39 is 6.10 Å². The predicted octanol–water partition coefficient (Wildman–Crippen LogP) is 4.72. The van der Waals surface area contributed by atoms with Crippen LogP contribution >= 0.6 is 11.3 Å². The average Bonchev–Trinajstić information content (AvgIpc) is 2.68. The molecule has 20 heavy (non-hydrogen) atoms. The van der Waals surface area contributed by atoms with Crippen LogP contribution in [-0.2, 0) is 12.8 Å². The average molecular weight is 286 g/mol. The molecule has 1 aromatic heterocycles. The topological polar surface area (TPSA) is 20.2 Å². The summed E-state index contributed by atoms with van der Waals surface area (Å²) in [5.74, 6) is 0. The smallest absolute Gasteiger partial charge is 0.113 e. The van der Waals surface area contributed by atoms with Crippen molar-refractivity contribution in [2.75, 3.05) is 0 Å². The minimum Gasteiger partial charge on any atom is -0.383 e. The summed E-state index contributed by atoms with van der Waals surface area (Å²) >= 11 is 1.81. The molecule has 0 spiro atoms. The highest BCUT2D eigenvalue weighted by Crippen LogP contribution is 2.35. The molecule has 1 aliphatic carbocycles. The third kappa shape index (κ3) is 2.82. The van der Waals surface area contributed by atoms with E-state index in [9.17, 15) is 5.11 Å². The third-order valence-corrected chi connectivity index (χ3v) is 5.38. The van der Waals surface area contributed by atoms with Crippen molar-refractivity contribution < 1.29 is 5.11 Å². The van der Waals surface area contributed by atoms with Crippen LogP contribution < -0.4 is 0 Å². The summed E-state index contributed by atoms with van der Waals surface area (Å²) in [6.07, 6.45) is 5.85. The maximum absolute atomic E-state index is 10.7. The van der Waals surface area contributed by atoms with Gasteiger partial charge in [0.05, 0.1) is 0 Å². The Morgan fingerprint density at radius 2 is 1.65 bits per heavy atom. The van der Waals surface area contributed by atoms with Gasteiger partial charge in [-0.2, -0.15) is 0 Å². The SMILES string of the molecule is Cc1cc(C)cc(C(O)c2cc3c(s2)CCCCC3)c1. The van der Waals surface area contributed by atoms with Gasteiger partial charge in [0, 0.05) is 9.75 Å². The molecule has 3 rings (SSSR count). The summed E-state index contributed by atoms with van der Waals surface area (Å²) in [6, 6.07) is 8.60. The monoisotopic (exact) mass is 286 g/mol. The number of benzene rings is 1. The number of hydrogen-bond acceptors (Lipinski definition) is 2. The highest BCUT2D eigenvalue weighted by Gasteiger charge is 2.18.